The summed E-state index contributed by atoms with van der Waals surface area (Å²) in [4.78, 5) is 26.1. The third kappa shape index (κ3) is 8.66. The van der Waals surface area contributed by atoms with E-state index < -0.39 is 23.5 Å². The van der Waals surface area contributed by atoms with Crippen molar-refractivity contribution >= 4 is 12.3 Å². The summed E-state index contributed by atoms with van der Waals surface area (Å²) in [6.07, 6.45) is 15.7. The van der Waals surface area contributed by atoms with Gasteiger partial charge in [-0.1, -0.05) is 82.1 Å². The van der Waals surface area contributed by atoms with Crippen molar-refractivity contribution in [1.82, 2.24) is 0 Å². The van der Waals surface area contributed by atoms with Gasteiger partial charge in [-0.15, -0.1) is 0 Å². The molecule has 0 spiro atoms. The van der Waals surface area contributed by atoms with Crippen molar-refractivity contribution in [3.63, 3.8) is 0 Å². The summed E-state index contributed by atoms with van der Waals surface area (Å²) in [5.41, 5.74) is 2.89. The Morgan fingerprint density at radius 3 is 1.30 bits per heavy atom. The van der Waals surface area contributed by atoms with E-state index in [1.807, 2.05) is 41.5 Å². The maximum atomic E-state index is 13.0. The zero-order valence-corrected chi connectivity index (χ0v) is 29.2. The van der Waals surface area contributed by atoms with Gasteiger partial charge >= 0.3 is 12.3 Å². The van der Waals surface area contributed by atoms with E-state index >= 15 is 0 Å². The van der Waals surface area contributed by atoms with Crippen LogP contribution in [0.25, 0.3) is 0 Å². The molecule has 0 atom stereocenters. The quantitative estimate of drug-likeness (QED) is 0.233. The van der Waals surface area contributed by atoms with Gasteiger partial charge in [0.25, 0.3) is 0 Å². The fourth-order valence-electron chi connectivity index (χ4n) is 7.96. The van der Waals surface area contributed by atoms with E-state index in [2.05, 4.69) is 36.4 Å². The number of ether oxygens (including phenoxy) is 4. The van der Waals surface area contributed by atoms with Crippen LogP contribution in [0.3, 0.4) is 0 Å². The first kappa shape index (κ1) is 34.3. The molecule has 2 aromatic carbocycles. The molecule has 3 fully saturated rings. The molecular weight excluding hydrogens is 576 g/mol. The molecule has 0 bridgehead atoms. The smallest absolute Gasteiger partial charge is 0.428 e. The minimum absolute atomic E-state index is 0.299. The molecule has 6 nitrogen and oxygen atoms in total. The highest BCUT2D eigenvalue weighted by Gasteiger charge is 2.38. The van der Waals surface area contributed by atoms with Crippen molar-refractivity contribution in [2.24, 2.45) is 0 Å². The van der Waals surface area contributed by atoms with Crippen molar-refractivity contribution in [1.29, 1.82) is 0 Å². The Labute approximate surface area is 276 Å². The van der Waals surface area contributed by atoms with Gasteiger partial charge in [-0.05, 0) is 126 Å². The van der Waals surface area contributed by atoms with Crippen molar-refractivity contribution in [2.75, 3.05) is 0 Å². The minimum atomic E-state index is -0.663. The third-order valence-electron chi connectivity index (χ3n) is 10.1. The highest BCUT2D eigenvalue weighted by molar-refractivity contribution is 5.67. The van der Waals surface area contributed by atoms with Crippen LogP contribution in [0.1, 0.15) is 172 Å². The van der Waals surface area contributed by atoms with E-state index in [0.717, 1.165) is 73.6 Å². The standard InChI is InChI=1S/C40H56O6/c1-38(2,3)45-36(41)43-34-26-30(20-22-32(34)28-16-10-7-11-17-28)40(24-14-9-15-25-40)31-21-23-33(29-18-12-8-13-19-29)35(27-31)44-37(42)46-39(4,5)6/h20-23,26-29H,7-19,24-25H2,1-6H3. The van der Waals surface area contributed by atoms with Crippen LogP contribution in [0.4, 0.5) is 9.59 Å². The topological polar surface area (TPSA) is 71.1 Å². The predicted molar refractivity (Wildman–Crippen MR) is 182 cm³/mol. The molecule has 0 unspecified atom stereocenters. The highest BCUT2D eigenvalue weighted by Crippen LogP contribution is 2.49. The summed E-state index contributed by atoms with van der Waals surface area (Å²) in [5.74, 6) is 1.97. The molecule has 0 radical (unpaired) electrons. The fourth-order valence-corrected chi connectivity index (χ4v) is 7.96. The van der Waals surface area contributed by atoms with Crippen LogP contribution in [0.5, 0.6) is 11.5 Å². The van der Waals surface area contributed by atoms with E-state index in [-0.39, 0.29) is 5.41 Å². The first-order valence-corrected chi connectivity index (χ1v) is 17.9. The van der Waals surface area contributed by atoms with Crippen molar-refractivity contribution in [3.05, 3.63) is 58.7 Å². The molecular formula is C40H56O6. The molecule has 6 heteroatoms. The third-order valence-corrected chi connectivity index (χ3v) is 10.1. The molecule has 0 heterocycles. The van der Waals surface area contributed by atoms with Crippen LogP contribution in [0.2, 0.25) is 0 Å². The average molecular weight is 633 g/mol. The number of carbonyl (C=O) groups is 2. The lowest BCUT2D eigenvalue weighted by atomic mass is 9.64. The number of rotatable bonds is 6. The Balaban J connectivity index is 1.57. The van der Waals surface area contributed by atoms with Gasteiger partial charge in [0, 0.05) is 5.41 Å². The first-order valence-electron chi connectivity index (χ1n) is 17.9. The van der Waals surface area contributed by atoms with Gasteiger partial charge in [0.1, 0.15) is 22.7 Å². The summed E-state index contributed by atoms with van der Waals surface area (Å²) < 4.78 is 23.4. The molecule has 3 aliphatic carbocycles. The van der Waals surface area contributed by atoms with Gasteiger partial charge in [-0.3, -0.25) is 0 Å². The normalized spacial score (nSPS) is 19.7. The molecule has 3 aliphatic rings. The predicted octanol–water partition coefficient (Wildman–Crippen LogP) is 11.7. The van der Waals surface area contributed by atoms with E-state index in [9.17, 15) is 9.59 Å². The van der Waals surface area contributed by atoms with Crippen LogP contribution >= 0.6 is 0 Å². The summed E-state index contributed by atoms with van der Waals surface area (Å²) in [6.45, 7) is 11.2. The molecule has 2 aromatic rings. The van der Waals surface area contributed by atoms with Crippen LogP contribution < -0.4 is 9.47 Å². The van der Waals surface area contributed by atoms with Gasteiger partial charge < -0.3 is 18.9 Å². The van der Waals surface area contributed by atoms with Crippen LogP contribution in [-0.4, -0.2) is 23.5 Å². The summed E-state index contributed by atoms with van der Waals surface area (Å²) in [5, 5.41) is 0. The molecule has 3 saturated carbocycles. The maximum Gasteiger partial charge on any atom is 0.514 e. The second kappa shape index (κ2) is 14.4. The zero-order valence-electron chi connectivity index (χ0n) is 29.2. The number of hydrogen-bond donors (Lipinski definition) is 0. The molecule has 0 saturated heterocycles. The number of hydrogen-bond acceptors (Lipinski definition) is 6. The number of benzene rings is 2. The molecule has 46 heavy (non-hydrogen) atoms. The lowest BCUT2D eigenvalue weighted by Crippen LogP contribution is -2.31. The molecule has 0 amide bonds. The van der Waals surface area contributed by atoms with Crippen molar-refractivity contribution in [3.8, 4) is 11.5 Å². The maximum absolute atomic E-state index is 13.0. The van der Waals surface area contributed by atoms with Gasteiger partial charge in [-0.25, -0.2) is 9.59 Å². The second-order valence-corrected chi connectivity index (χ2v) is 16.0. The molecule has 252 valence electrons. The SMILES string of the molecule is CC(C)(C)OC(=O)Oc1cc(C2(c3ccc(C4CCCCC4)c(OC(=O)OC(C)(C)C)c3)CCCCC2)ccc1C1CCCCC1. The Bertz CT molecular complexity index is 1250. The lowest BCUT2D eigenvalue weighted by Gasteiger charge is -2.39. The van der Waals surface area contributed by atoms with E-state index in [1.165, 1.54) is 44.9 Å². The summed E-state index contributed by atoms with van der Waals surface area (Å²) in [6, 6.07) is 13.2. The first-order chi connectivity index (χ1) is 21.8. The zero-order chi connectivity index (χ0) is 33.0. The Morgan fingerprint density at radius 1 is 0.565 bits per heavy atom. The van der Waals surface area contributed by atoms with Crippen LogP contribution in [-0.2, 0) is 14.9 Å². The summed E-state index contributed by atoms with van der Waals surface area (Å²) in [7, 11) is 0. The lowest BCUT2D eigenvalue weighted by molar-refractivity contribution is 0.0190. The summed E-state index contributed by atoms with van der Waals surface area (Å²) >= 11 is 0. The molecule has 0 N–H and O–H groups in total. The van der Waals surface area contributed by atoms with E-state index in [1.54, 1.807) is 0 Å². The molecule has 0 aromatic heterocycles. The van der Waals surface area contributed by atoms with E-state index in [4.69, 9.17) is 18.9 Å². The van der Waals surface area contributed by atoms with Crippen molar-refractivity contribution < 1.29 is 28.5 Å². The largest absolute Gasteiger partial charge is 0.514 e. The monoisotopic (exact) mass is 632 g/mol. The van der Waals surface area contributed by atoms with Gasteiger partial charge in [0.15, 0.2) is 0 Å². The fraction of sp³-hybridized carbons (Fsp3) is 0.650. The minimum Gasteiger partial charge on any atom is -0.428 e. The van der Waals surface area contributed by atoms with Crippen LogP contribution in [0, 0.1) is 0 Å². The molecule has 5 rings (SSSR count). The second-order valence-electron chi connectivity index (χ2n) is 16.0. The van der Waals surface area contributed by atoms with Gasteiger partial charge in [-0.2, -0.15) is 0 Å². The number of carbonyl (C=O) groups excluding carboxylic acids is 2. The average Bonchev–Trinajstić information content (AvgIpc) is 3.00. The highest BCUT2D eigenvalue weighted by atomic mass is 16.7. The van der Waals surface area contributed by atoms with E-state index in [0.29, 0.717) is 23.3 Å². The Hall–Kier alpha value is -3.02. The molecule has 0 aliphatic heterocycles. The van der Waals surface area contributed by atoms with Crippen LogP contribution in [0.15, 0.2) is 36.4 Å². The van der Waals surface area contributed by atoms with Crippen molar-refractivity contribution in [2.45, 2.75) is 166 Å². The van der Waals surface area contributed by atoms with Gasteiger partial charge in [0.05, 0.1) is 0 Å². The van der Waals surface area contributed by atoms with Gasteiger partial charge in [0.2, 0.25) is 0 Å². The Morgan fingerprint density at radius 2 is 0.935 bits per heavy atom. The Kier molecular flexibility index (Phi) is 10.7.